The number of esters is 1. The number of amides is 1. The van der Waals surface area contributed by atoms with Crippen LogP contribution in [0.4, 0.5) is 5.69 Å². The molecule has 0 fully saturated rings. The number of ether oxygens (including phenoxy) is 4. The van der Waals surface area contributed by atoms with Gasteiger partial charge in [-0.1, -0.05) is 0 Å². The Kier molecular flexibility index (Phi) is 6.55. The number of rotatable bonds is 8. The SMILES string of the molecule is COc1ccc(-c2nc(COC(=O)COc3ccc4c(c3)CCC(=O)N4)cs2)cc1OC. The van der Waals surface area contributed by atoms with Gasteiger partial charge in [-0.15, -0.1) is 11.3 Å². The minimum absolute atomic E-state index is 0.00562. The molecule has 9 heteroatoms. The van der Waals surface area contributed by atoms with E-state index in [2.05, 4.69) is 10.3 Å². The zero-order chi connectivity index (χ0) is 22.5. The van der Waals surface area contributed by atoms with Crippen LogP contribution in [0.2, 0.25) is 0 Å². The zero-order valence-electron chi connectivity index (χ0n) is 17.7. The molecule has 0 saturated heterocycles. The van der Waals surface area contributed by atoms with E-state index in [1.165, 1.54) is 11.3 Å². The summed E-state index contributed by atoms with van der Waals surface area (Å²) in [6, 6.07) is 10.9. The lowest BCUT2D eigenvalue weighted by Crippen LogP contribution is -2.19. The highest BCUT2D eigenvalue weighted by Gasteiger charge is 2.16. The Morgan fingerprint density at radius 2 is 1.94 bits per heavy atom. The van der Waals surface area contributed by atoms with E-state index in [9.17, 15) is 9.59 Å². The summed E-state index contributed by atoms with van der Waals surface area (Å²) in [4.78, 5) is 28.1. The van der Waals surface area contributed by atoms with E-state index in [4.69, 9.17) is 18.9 Å². The van der Waals surface area contributed by atoms with Crippen molar-refractivity contribution >= 4 is 28.9 Å². The fourth-order valence-electron chi connectivity index (χ4n) is 3.26. The number of anilines is 1. The van der Waals surface area contributed by atoms with Gasteiger partial charge in [0, 0.05) is 23.1 Å². The van der Waals surface area contributed by atoms with Crippen molar-refractivity contribution in [1.82, 2.24) is 4.98 Å². The number of fused-ring (bicyclic) bond motifs is 1. The molecule has 3 aromatic rings. The monoisotopic (exact) mass is 454 g/mol. The molecule has 1 amide bonds. The van der Waals surface area contributed by atoms with E-state index in [1.807, 2.05) is 29.6 Å². The summed E-state index contributed by atoms with van der Waals surface area (Å²) in [5.41, 5.74) is 3.31. The number of nitrogens with one attached hydrogen (secondary N) is 1. The number of aryl methyl sites for hydroxylation is 1. The highest BCUT2D eigenvalue weighted by Crippen LogP contribution is 2.33. The third-order valence-corrected chi connectivity index (χ3v) is 5.83. The Labute approximate surface area is 189 Å². The highest BCUT2D eigenvalue weighted by atomic mass is 32.1. The Morgan fingerprint density at radius 1 is 1.09 bits per heavy atom. The molecule has 0 bridgehead atoms. The van der Waals surface area contributed by atoms with Gasteiger partial charge in [-0.3, -0.25) is 4.79 Å². The molecule has 2 aromatic carbocycles. The number of nitrogens with zero attached hydrogens (tertiary/aromatic N) is 1. The van der Waals surface area contributed by atoms with Crippen molar-refractivity contribution in [2.75, 3.05) is 26.1 Å². The van der Waals surface area contributed by atoms with Crippen molar-refractivity contribution in [3.05, 3.63) is 53.0 Å². The third-order valence-electron chi connectivity index (χ3n) is 4.89. The fraction of sp³-hybridized carbons (Fsp3) is 0.261. The molecule has 0 atom stereocenters. The molecule has 0 unspecified atom stereocenters. The summed E-state index contributed by atoms with van der Waals surface area (Å²) >= 11 is 1.45. The molecule has 0 saturated carbocycles. The maximum Gasteiger partial charge on any atom is 0.344 e. The van der Waals surface area contributed by atoms with E-state index in [0.29, 0.717) is 35.8 Å². The van der Waals surface area contributed by atoms with Crippen molar-refractivity contribution in [2.24, 2.45) is 0 Å². The van der Waals surface area contributed by atoms with Crippen LogP contribution in [0.25, 0.3) is 10.6 Å². The predicted octanol–water partition coefficient (Wildman–Crippen LogP) is 3.83. The Morgan fingerprint density at radius 3 is 2.75 bits per heavy atom. The van der Waals surface area contributed by atoms with Gasteiger partial charge < -0.3 is 24.3 Å². The van der Waals surface area contributed by atoms with E-state index in [0.717, 1.165) is 21.8 Å². The maximum absolute atomic E-state index is 12.1. The number of methoxy groups -OCH3 is 2. The lowest BCUT2D eigenvalue weighted by atomic mass is 10.0. The summed E-state index contributed by atoms with van der Waals surface area (Å²) in [7, 11) is 3.17. The molecule has 1 N–H and O–H groups in total. The number of aromatic nitrogens is 1. The van der Waals surface area contributed by atoms with Crippen molar-refractivity contribution in [3.63, 3.8) is 0 Å². The maximum atomic E-state index is 12.1. The zero-order valence-corrected chi connectivity index (χ0v) is 18.5. The third kappa shape index (κ3) is 5.00. The van der Waals surface area contributed by atoms with Gasteiger partial charge in [0.15, 0.2) is 18.1 Å². The van der Waals surface area contributed by atoms with Crippen LogP contribution >= 0.6 is 11.3 Å². The molecule has 8 nitrogen and oxygen atoms in total. The van der Waals surface area contributed by atoms with Crippen LogP contribution in [0.15, 0.2) is 41.8 Å². The van der Waals surface area contributed by atoms with Gasteiger partial charge in [0.1, 0.15) is 17.4 Å². The van der Waals surface area contributed by atoms with E-state index in [1.54, 1.807) is 26.4 Å². The van der Waals surface area contributed by atoms with Gasteiger partial charge >= 0.3 is 5.97 Å². The van der Waals surface area contributed by atoms with Gasteiger partial charge in [0.05, 0.1) is 19.9 Å². The van der Waals surface area contributed by atoms with Crippen molar-refractivity contribution in [2.45, 2.75) is 19.4 Å². The average molecular weight is 455 g/mol. The number of thiazole rings is 1. The molecule has 1 aliphatic heterocycles. The topological polar surface area (TPSA) is 96.0 Å². The van der Waals surface area contributed by atoms with Crippen LogP contribution in [-0.4, -0.2) is 37.7 Å². The van der Waals surface area contributed by atoms with Crippen LogP contribution in [0.1, 0.15) is 17.7 Å². The standard InChI is InChI=1S/C23H22N2O6S/c1-28-19-7-3-15(10-20(19)29-2)23-24-16(13-32-23)11-31-22(27)12-30-17-5-6-18-14(9-17)4-8-21(26)25-18/h3,5-7,9-10,13H,4,8,11-12H2,1-2H3,(H,25,26). The molecule has 1 aromatic heterocycles. The first kappa shape index (κ1) is 21.6. The van der Waals surface area contributed by atoms with Crippen molar-refractivity contribution in [1.29, 1.82) is 0 Å². The molecule has 0 radical (unpaired) electrons. The predicted molar refractivity (Wildman–Crippen MR) is 119 cm³/mol. The second-order valence-electron chi connectivity index (χ2n) is 7.03. The molecule has 4 rings (SSSR count). The first-order valence-corrected chi connectivity index (χ1v) is 10.8. The van der Waals surface area contributed by atoms with Crippen molar-refractivity contribution in [3.8, 4) is 27.8 Å². The van der Waals surface area contributed by atoms with Gasteiger partial charge in [-0.25, -0.2) is 9.78 Å². The largest absolute Gasteiger partial charge is 0.493 e. The minimum Gasteiger partial charge on any atom is -0.493 e. The van der Waals surface area contributed by atoms with E-state index in [-0.39, 0.29) is 19.1 Å². The van der Waals surface area contributed by atoms with E-state index >= 15 is 0 Å². The van der Waals surface area contributed by atoms with E-state index < -0.39 is 5.97 Å². The molecular weight excluding hydrogens is 432 g/mol. The number of benzene rings is 2. The molecule has 0 aliphatic carbocycles. The number of hydrogen-bond donors (Lipinski definition) is 1. The normalized spacial score (nSPS) is 12.5. The first-order valence-electron chi connectivity index (χ1n) is 9.93. The molecule has 2 heterocycles. The fourth-order valence-corrected chi connectivity index (χ4v) is 4.06. The summed E-state index contributed by atoms with van der Waals surface area (Å²) in [6.07, 6.45) is 1.09. The van der Waals surface area contributed by atoms with Crippen LogP contribution in [0.3, 0.4) is 0 Å². The first-order chi connectivity index (χ1) is 15.6. The number of carbonyl (C=O) groups is 2. The van der Waals surface area contributed by atoms with Crippen molar-refractivity contribution < 1.29 is 28.5 Å². The Balaban J connectivity index is 1.30. The summed E-state index contributed by atoms with van der Waals surface area (Å²) in [5, 5.41) is 5.44. The second kappa shape index (κ2) is 9.69. The quantitative estimate of drug-likeness (QED) is 0.517. The van der Waals surface area contributed by atoms with Gasteiger partial charge in [0.2, 0.25) is 5.91 Å². The molecule has 1 aliphatic rings. The minimum atomic E-state index is -0.489. The highest BCUT2D eigenvalue weighted by molar-refractivity contribution is 7.13. The molecule has 0 spiro atoms. The lowest BCUT2D eigenvalue weighted by molar-refractivity contribution is -0.147. The van der Waals surface area contributed by atoms with Crippen LogP contribution in [0.5, 0.6) is 17.2 Å². The number of carbonyl (C=O) groups excluding carboxylic acids is 2. The van der Waals surface area contributed by atoms with Crippen LogP contribution in [0, 0.1) is 0 Å². The Bertz CT molecular complexity index is 1140. The summed E-state index contributed by atoms with van der Waals surface area (Å²) in [5.74, 6) is 1.34. The smallest absolute Gasteiger partial charge is 0.344 e. The lowest BCUT2D eigenvalue weighted by Gasteiger charge is -2.17. The summed E-state index contributed by atoms with van der Waals surface area (Å²) in [6.45, 7) is -0.153. The van der Waals surface area contributed by atoms with Crippen LogP contribution in [-0.2, 0) is 27.4 Å². The van der Waals surface area contributed by atoms with Gasteiger partial charge in [0.25, 0.3) is 0 Å². The van der Waals surface area contributed by atoms with Gasteiger partial charge in [-0.2, -0.15) is 0 Å². The van der Waals surface area contributed by atoms with Crippen LogP contribution < -0.4 is 19.5 Å². The Hall–Kier alpha value is -3.59. The van der Waals surface area contributed by atoms with Gasteiger partial charge in [-0.05, 0) is 48.4 Å². The average Bonchev–Trinajstić information content (AvgIpc) is 3.30. The second-order valence-corrected chi connectivity index (χ2v) is 7.89. The molecule has 166 valence electrons. The number of hydrogen-bond acceptors (Lipinski definition) is 8. The molecular formula is C23H22N2O6S. The summed E-state index contributed by atoms with van der Waals surface area (Å²) < 4.78 is 21.4. The molecule has 32 heavy (non-hydrogen) atoms.